The van der Waals surface area contributed by atoms with Crippen molar-refractivity contribution in [1.29, 1.82) is 0 Å². The lowest BCUT2D eigenvalue weighted by Crippen LogP contribution is -2.29. The van der Waals surface area contributed by atoms with E-state index in [1.807, 2.05) is 0 Å². The maximum absolute atomic E-state index is 11.5. The standard InChI is InChI=1S/C12H10O7/c1-4(2)11(15)19-9-7-5(3)17-8(9)6(10(13)14)12(16)18-7/h6H,1H2,2-3H3,(H,13,14). The van der Waals surface area contributed by atoms with Crippen LogP contribution in [0.3, 0.4) is 0 Å². The molecule has 0 spiro atoms. The van der Waals surface area contributed by atoms with Crippen molar-refractivity contribution in [1.82, 2.24) is 0 Å². The van der Waals surface area contributed by atoms with Gasteiger partial charge in [0, 0.05) is 5.57 Å². The monoisotopic (exact) mass is 266 g/mol. The zero-order chi connectivity index (χ0) is 14.3. The molecule has 1 aromatic rings. The average molecular weight is 266 g/mol. The van der Waals surface area contributed by atoms with E-state index in [0.717, 1.165) is 0 Å². The average Bonchev–Trinajstić information content (AvgIpc) is 2.51. The number of hydrogen-bond acceptors (Lipinski definition) is 6. The third-order valence-electron chi connectivity index (χ3n) is 2.50. The van der Waals surface area contributed by atoms with Crippen molar-refractivity contribution in [3.8, 4) is 11.5 Å². The molecular weight excluding hydrogens is 256 g/mol. The fourth-order valence-corrected chi connectivity index (χ4v) is 1.59. The molecule has 2 rings (SSSR count). The number of carboxylic acid groups (broad SMARTS) is 1. The van der Waals surface area contributed by atoms with Crippen LogP contribution < -0.4 is 9.47 Å². The van der Waals surface area contributed by atoms with Gasteiger partial charge in [-0.25, -0.2) is 4.79 Å². The summed E-state index contributed by atoms with van der Waals surface area (Å²) >= 11 is 0. The number of carbonyl (C=O) groups excluding carboxylic acids is 2. The molecule has 0 aromatic carbocycles. The summed E-state index contributed by atoms with van der Waals surface area (Å²) in [6, 6.07) is 0. The predicted molar refractivity (Wildman–Crippen MR) is 59.9 cm³/mol. The van der Waals surface area contributed by atoms with Gasteiger partial charge in [0.15, 0.2) is 5.76 Å². The summed E-state index contributed by atoms with van der Waals surface area (Å²) in [7, 11) is 0. The molecule has 1 atom stereocenters. The molecule has 0 amide bonds. The Balaban J connectivity index is 2.49. The van der Waals surface area contributed by atoms with E-state index in [1.165, 1.54) is 13.8 Å². The molecule has 0 radical (unpaired) electrons. The number of carboxylic acids is 1. The first kappa shape index (κ1) is 12.9. The van der Waals surface area contributed by atoms with Crippen molar-refractivity contribution in [2.24, 2.45) is 0 Å². The number of carbonyl (C=O) groups is 3. The lowest BCUT2D eigenvalue weighted by molar-refractivity contribution is -0.150. The first-order chi connectivity index (χ1) is 8.82. The van der Waals surface area contributed by atoms with E-state index < -0.39 is 23.8 Å². The topological polar surface area (TPSA) is 103 Å². The number of hydrogen-bond donors (Lipinski definition) is 1. The van der Waals surface area contributed by atoms with E-state index in [2.05, 4.69) is 6.58 Å². The van der Waals surface area contributed by atoms with Crippen LogP contribution >= 0.6 is 0 Å². The molecule has 0 saturated carbocycles. The van der Waals surface area contributed by atoms with E-state index in [-0.39, 0.29) is 28.6 Å². The van der Waals surface area contributed by atoms with Gasteiger partial charge in [-0.1, -0.05) is 6.58 Å². The van der Waals surface area contributed by atoms with Crippen LogP contribution in [0.4, 0.5) is 0 Å². The normalized spacial score (nSPS) is 16.7. The predicted octanol–water partition coefficient (Wildman–Crippen LogP) is 1.16. The van der Waals surface area contributed by atoms with Crippen LogP contribution in [0.2, 0.25) is 0 Å². The van der Waals surface area contributed by atoms with E-state index in [9.17, 15) is 14.4 Å². The smallest absolute Gasteiger partial charge is 0.338 e. The number of aryl methyl sites for hydroxylation is 1. The molecular formula is C12H10O7. The van der Waals surface area contributed by atoms with Gasteiger partial charge in [0.25, 0.3) is 0 Å². The summed E-state index contributed by atoms with van der Waals surface area (Å²) in [5.74, 6) is -5.17. The molecule has 100 valence electrons. The Morgan fingerprint density at radius 2 is 2.05 bits per heavy atom. The fraction of sp³-hybridized carbons (Fsp3) is 0.250. The summed E-state index contributed by atoms with van der Waals surface area (Å²) in [6.45, 7) is 6.30. The van der Waals surface area contributed by atoms with Crippen LogP contribution in [0.15, 0.2) is 16.6 Å². The molecule has 1 N–H and O–H groups in total. The summed E-state index contributed by atoms with van der Waals surface area (Å²) in [5.41, 5.74) is 0.120. The SMILES string of the molecule is C=C(C)C(=O)Oc1c2oc(C)c1OC(=O)C2C(=O)O. The number of rotatable bonds is 3. The molecule has 0 saturated heterocycles. The highest BCUT2D eigenvalue weighted by Gasteiger charge is 2.44. The van der Waals surface area contributed by atoms with Gasteiger partial charge in [0.2, 0.25) is 17.4 Å². The van der Waals surface area contributed by atoms with Crippen LogP contribution in [-0.2, 0) is 14.4 Å². The molecule has 0 aliphatic carbocycles. The minimum Gasteiger partial charge on any atom is -0.480 e. The Morgan fingerprint density at radius 1 is 1.42 bits per heavy atom. The molecule has 0 fully saturated rings. The molecule has 2 bridgehead atoms. The Bertz CT molecular complexity index is 608. The number of fused-ring (bicyclic) bond motifs is 2. The molecule has 1 unspecified atom stereocenters. The number of furan rings is 1. The highest BCUT2D eigenvalue weighted by molar-refractivity contribution is 6.03. The fourth-order valence-electron chi connectivity index (χ4n) is 1.59. The molecule has 7 heteroatoms. The second-order valence-corrected chi connectivity index (χ2v) is 4.04. The number of esters is 2. The second-order valence-electron chi connectivity index (χ2n) is 4.04. The van der Waals surface area contributed by atoms with Crippen LogP contribution in [0.5, 0.6) is 11.5 Å². The molecule has 1 aliphatic rings. The molecule has 1 aliphatic heterocycles. The lowest BCUT2D eigenvalue weighted by atomic mass is 10.0. The van der Waals surface area contributed by atoms with Crippen LogP contribution in [0.25, 0.3) is 0 Å². The number of ether oxygens (including phenoxy) is 2. The van der Waals surface area contributed by atoms with Gasteiger partial charge in [0.1, 0.15) is 5.76 Å². The Morgan fingerprint density at radius 3 is 2.58 bits per heavy atom. The maximum atomic E-state index is 11.5. The summed E-state index contributed by atoms with van der Waals surface area (Å²) in [5, 5.41) is 8.98. The molecule has 2 heterocycles. The van der Waals surface area contributed by atoms with E-state index in [1.54, 1.807) is 0 Å². The summed E-state index contributed by atoms with van der Waals surface area (Å²) in [6.07, 6.45) is 0. The quantitative estimate of drug-likeness (QED) is 0.497. The largest absolute Gasteiger partial charge is 0.480 e. The maximum Gasteiger partial charge on any atom is 0.338 e. The van der Waals surface area contributed by atoms with E-state index in [0.29, 0.717) is 0 Å². The van der Waals surface area contributed by atoms with Crippen LogP contribution in [0.1, 0.15) is 24.4 Å². The Labute approximate surface area is 107 Å². The van der Waals surface area contributed by atoms with Crippen molar-refractivity contribution < 1.29 is 33.4 Å². The third-order valence-corrected chi connectivity index (χ3v) is 2.50. The van der Waals surface area contributed by atoms with Crippen molar-refractivity contribution in [3.05, 3.63) is 23.7 Å². The number of aliphatic carboxylic acids is 1. The highest BCUT2D eigenvalue weighted by Crippen LogP contribution is 2.46. The first-order valence-corrected chi connectivity index (χ1v) is 5.28. The Hall–Kier alpha value is -2.57. The van der Waals surface area contributed by atoms with Gasteiger partial charge in [-0.05, 0) is 13.8 Å². The summed E-state index contributed by atoms with van der Waals surface area (Å²) < 4.78 is 14.9. The van der Waals surface area contributed by atoms with Gasteiger partial charge in [-0.15, -0.1) is 0 Å². The summed E-state index contributed by atoms with van der Waals surface area (Å²) in [4.78, 5) is 34.0. The Kier molecular flexibility index (Phi) is 2.89. The van der Waals surface area contributed by atoms with Gasteiger partial charge in [-0.2, -0.15) is 0 Å². The van der Waals surface area contributed by atoms with Gasteiger partial charge in [0.05, 0.1) is 0 Å². The molecule has 7 nitrogen and oxygen atoms in total. The van der Waals surface area contributed by atoms with Crippen LogP contribution in [-0.4, -0.2) is 23.0 Å². The molecule has 19 heavy (non-hydrogen) atoms. The van der Waals surface area contributed by atoms with Crippen molar-refractivity contribution >= 4 is 17.9 Å². The first-order valence-electron chi connectivity index (χ1n) is 5.28. The van der Waals surface area contributed by atoms with Gasteiger partial charge >= 0.3 is 17.9 Å². The zero-order valence-corrected chi connectivity index (χ0v) is 10.2. The van der Waals surface area contributed by atoms with Crippen molar-refractivity contribution in [2.75, 3.05) is 0 Å². The van der Waals surface area contributed by atoms with Gasteiger partial charge in [-0.3, -0.25) is 9.59 Å². The molecule has 1 aromatic heterocycles. The second kappa shape index (κ2) is 4.27. The van der Waals surface area contributed by atoms with Crippen LogP contribution in [0, 0.1) is 6.92 Å². The van der Waals surface area contributed by atoms with E-state index >= 15 is 0 Å². The highest BCUT2D eigenvalue weighted by atomic mass is 16.6. The minimum absolute atomic E-state index is 0.0768. The van der Waals surface area contributed by atoms with E-state index in [4.69, 9.17) is 19.0 Å². The third kappa shape index (κ3) is 1.99. The van der Waals surface area contributed by atoms with Crippen molar-refractivity contribution in [3.63, 3.8) is 0 Å². The van der Waals surface area contributed by atoms with Crippen molar-refractivity contribution in [2.45, 2.75) is 19.8 Å². The van der Waals surface area contributed by atoms with Gasteiger partial charge < -0.3 is 19.0 Å². The zero-order valence-electron chi connectivity index (χ0n) is 10.2. The minimum atomic E-state index is -1.64. The lowest BCUT2D eigenvalue weighted by Gasteiger charge is -2.15.